The number of anilines is 2. The van der Waals surface area contributed by atoms with Crippen molar-refractivity contribution in [2.75, 3.05) is 50.6 Å². The number of halogens is 3. The van der Waals surface area contributed by atoms with Crippen LogP contribution in [0.15, 0.2) is 58.7 Å². The number of phenols is 1. The number of nitrogens with zero attached hydrogens (tertiary/aromatic N) is 4. The number of nitrogens with one attached hydrogen (secondary N) is 1. The van der Waals surface area contributed by atoms with Crippen LogP contribution in [0.1, 0.15) is 36.8 Å². The standard InChI is InChI=1S/C29H32F3N5O5/c1-17-22(15-35(2)3)27(41)37(20-7-4-6-19(14-20)29(30,31)32)28(42)25(17)34-33-23-9-5-8-21(26(23)40)18-10-12-36(13-11-18)16-24(38)39/h4-9,14,18,33,40H,10-13,15-16H2,1-3H3,(H,38,39). The number of carbonyl (C=O) groups excluding carboxylic acids is 2. The van der Waals surface area contributed by atoms with Gasteiger partial charge < -0.3 is 15.1 Å². The molecule has 3 N–H and O–H groups in total. The van der Waals surface area contributed by atoms with Gasteiger partial charge in [-0.2, -0.15) is 18.3 Å². The zero-order valence-corrected chi connectivity index (χ0v) is 23.4. The molecule has 2 aliphatic rings. The third-order valence-corrected chi connectivity index (χ3v) is 7.32. The highest BCUT2D eigenvalue weighted by atomic mass is 19.4. The first-order valence-corrected chi connectivity index (χ1v) is 13.3. The van der Waals surface area contributed by atoms with Crippen LogP contribution in [0, 0.1) is 0 Å². The molecule has 0 spiro atoms. The van der Waals surface area contributed by atoms with Crippen LogP contribution >= 0.6 is 0 Å². The molecule has 224 valence electrons. The summed E-state index contributed by atoms with van der Waals surface area (Å²) in [6, 6.07) is 9.01. The molecule has 2 heterocycles. The number of benzene rings is 2. The first-order chi connectivity index (χ1) is 19.8. The molecule has 0 saturated carbocycles. The van der Waals surface area contributed by atoms with Crippen molar-refractivity contribution < 1.29 is 37.8 Å². The summed E-state index contributed by atoms with van der Waals surface area (Å²) < 4.78 is 40.2. The zero-order valence-electron chi connectivity index (χ0n) is 23.4. The summed E-state index contributed by atoms with van der Waals surface area (Å²) >= 11 is 0. The molecular formula is C29H32F3N5O5. The number of likely N-dealkylation sites (N-methyl/N-ethyl adjacent to an activating group) is 1. The molecule has 2 aromatic carbocycles. The van der Waals surface area contributed by atoms with E-state index >= 15 is 0 Å². The highest BCUT2D eigenvalue weighted by Gasteiger charge is 2.39. The van der Waals surface area contributed by atoms with E-state index in [1.807, 2.05) is 4.90 Å². The van der Waals surface area contributed by atoms with Crippen molar-refractivity contribution in [2.24, 2.45) is 5.10 Å². The highest BCUT2D eigenvalue weighted by Crippen LogP contribution is 2.38. The second-order valence-electron chi connectivity index (χ2n) is 10.6. The number of hydrogen-bond donors (Lipinski definition) is 3. The molecule has 2 amide bonds. The number of likely N-dealkylation sites (tertiary alicyclic amines) is 1. The quantitative estimate of drug-likeness (QED) is 0.241. The number of aromatic hydroxyl groups is 1. The fourth-order valence-electron chi connectivity index (χ4n) is 5.18. The Bertz CT molecular complexity index is 1450. The van der Waals surface area contributed by atoms with Gasteiger partial charge in [-0.15, -0.1) is 0 Å². The monoisotopic (exact) mass is 587 g/mol. The van der Waals surface area contributed by atoms with Crippen LogP contribution in [-0.4, -0.2) is 83.8 Å². The third kappa shape index (κ3) is 6.63. The minimum Gasteiger partial charge on any atom is -0.505 e. The predicted octanol–water partition coefficient (Wildman–Crippen LogP) is 3.89. The summed E-state index contributed by atoms with van der Waals surface area (Å²) in [5.74, 6) is -2.66. The first kappa shape index (κ1) is 30.7. The van der Waals surface area contributed by atoms with Crippen LogP contribution in [-0.2, 0) is 20.6 Å². The first-order valence-electron chi connectivity index (χ1n) is 13.3. The molecule has 4 rings (SSSR count). The maximum atomic E-state index is 13.6. The molecule has 0 aromatic heterocycles. The summed E-state index contributed by atoms with van der Waals surface area (Å²) in [6.07, 6.45) is -3.40. The van der Waals surface area contributed by atoms with Crippen molar-refractivity contribution >= 4 is 34.9 Å². The average Bonchev–Trinajstić information content (AvgIpc) is 2.92. The minimum absolute atomic E-state index is 0.0249. The fourth-order valence-corrected chi connectivity index (χ4v) is 5.18. The molecular weight excluding hydrogens is 555 g/mol. The van der Waals surface area contributed by atoms with Gasteiger partial charge in [0.2, 0.25) is 0 Å². The van der Waals surface area contributed by atoms with Crippen molar-refractivity contribution in [3.05, 3.63) is 64.7 Å². The average molecular weight is 588 g/mol. The largest absolute Gasteiger partial charge is 0.505 e. The van der Waals surface area contributed by atoms with E-state index in [0.29, 0.717) is 36.4 Å². The summed E-state index contributed by atoms with van der Waals surface area (Å²) in [4.78, 5) is 42.2. The Hall–Kier alpha value is -4.23. The molecule has 1 fully saturated rings. The second kappa shape index (κ2) is 12.3. The predicted molar refractivity (Wildman–Crippen MR) is 150 cm³/mol. The lowest BCUT2D eigenvalue weighted by Gasteiger charge is -2.31. The molecule has 13 heteroatoms. The van der Waals surface area contributed by atoms with Crippen molar-refractivity contribution in [1.82, 2.24) is 9.80 Å². The number of imide groups is 1. The van der Waals surface area contributed by atoms with Gasteiger partial charge in [0.1, 0.15) is 5.75 Å². The fraction of sp³-hybridized carbons (Fsp3) is 0.379. The number of aliphatic carboxylic acids is 1. The van der Waals surface area contributed by atoms with E-state index in [1.54, 1.807) is 44.1 Å². The van der Waals surface area contributed by atoms with Crippen molar-refractivity contribution in [1.29, 1.82) is 0 Å². The number of hydrogen-bond acceptors (Lipinski definition) is 8. The van der Waals surface area contributed by atoms with Crippen LogP contribution in [0.3, 0.4) is 0 Å². The number of carboxylic acids is 1. The highest BCUT2D eigenvalue weighted by molar-refractivity contribution is 6.57. The lowest BCUT2D eigenvalue weighted by Crippen LogP contribution is -2.49. The Morgan fingerprint density at radius 3 is 2.38 bits per heavy atom. The summed E-state index contributed by atoms with van der Waals surface area (Å²) in [5, 5.41) is 24.3. The van der Waals surface area contributed by atoms with Gasteiger partial charge in [-0.05, 0) is 88.3 Å². The van der Waals surface area contributed by atoms with Gasteiger partial charge in [0.05, 0.1) is 23.5 Å². The smallest absolute Gasteiger partial charge is 0.416 e. The molecule has 0 atom stereocenters. The molecule has 10 nitrogen and oxygen atoms in total. The van der Waals surface area contributed by atoms with E-state index in [2.05, 4.69) is 10.5 Å². The lowest BCUT2D eigenvalue weighted by molar-refractivity contribution is -0.139. The number of phenolic OH excluding ortho intramolecular Hbond substituents is 1. The Balaban J connectivity index is 1.66. The van der Waals surface area contributed by atoms with E-state index in [9.17, 15) is 32.7 Å². The Kier molecular flexibility index (Phi) is 9.02. The molecule has 42 heavy (non-hydrogen) atoms. The maximum absolute atomic E-state index is 13.6. The van der Waals surface area contributed by atoms with Crippen molar-refractivity contribution in [2.45, 2.75) is 31.9 Å². The maximum Gasteiger partial charge on any atom is 0.416 e. The molecule has 0 unspecified atom stereocenters. The normalized spacial score (nSPS) is 18.4. The number of amides is 2. The lowest BCUT2D eigenvalue weighted by atomic mass is 9.88. The summed E-state index contributed by atoms with van der Waals surface area (Å²) in [7, 11) is 3.42. The Morgan fingerprint density at radius 2 is 1.76 bits per heavy atom. The van der Waals surface area contributed by atoms with Gasteiger partial charge in [-0.3, -0.25) is 24.7 Å². The van der Waals surface area contributed by atoms with Gasteiger partial charge in [-0.1, -0.05) is 18.2 Å². The van der Waals surface area contributed by atoms with Crippen molar-refractivity contribution in [3.63, 3.8) is 0 Å². The van der Waals surface area contributed by atoms with Gasteiger partial charge in [0.25, 0.3) is 11.8 Å². The number of para-hydroxylation sites is 1. The van der Waals surface area contributed by atoms with E-state index in [1.165, 1.54) is 6.07 Å². The van der Waals surface area contributed by atoms with Crippen LogP contribution in [0.4, 0.5) is 24.5 Å². The Labute approximate surface area is 240 Å². The van der Waals surface area contributed by atoms with Crippen LogP contribution in [0.2, 0.25) is 0 Å². The summed E-state index contributed by atoms with van der Waals surface area (Å²) in [6.45, 7) is 2.72. The van der Waals surface area contributed by atoms with Gasteiger partial charge >= 0.3 is 12.1 Å². The Morgan fingerprint density at radius 1 is 1.10 bits per heavy atom. The van der Waals surface area contributed by atoms with Crippen molar-refractivity contribution in [3.8, 4) is 5.75 Å². The number of piperidine rings is 1. The molecule has 0 aliphatic carbocycles. The molecule has 2 aromatic rings. The van der Waals surface area contributed by atoms with E-state index in [-0.39, 0.29) is 53.0 Å². The van der Waals surface area contributed by atoms with E-state index in [0.717, 1.165) is 18.2 Å². The number of carbonyl (C=O) groups is 3. The minimum atomic E-state index is -4.68. The number of carboxylic acid groups (broad SMARTS) is 1. The molecule has 0 bridgehead atoms. The van der Waals surface area contributed by atoms with Gasteiger partial charge in [0.15, 0.2) is 5.71 Å². The number of hydrazone groups is 1. The van der Waals surface area contributed by atoms with Gasteiger partial charge in [0, 0.05) is 12.1 Å². The van der Waals surface area contributed by atoms with Crippen LogP contribution < -0.4 is 10.3 Å². The third-order valence-electron chi connectivity index (χ3n) is 7.32. The van der Waals surface area contributed by atoms with Crippen LogP contribution in [0.25, 0.3) is 0 Å². The van der Waals surface area contributed by atoms with E-state index in [4.69, 9.17) is 5.11 Å². The molecule has 2 aliphatic heterocycles. The second-order valence-corrected chi connectivity index (χ2v) is 10.6. The van der Waals surface area contributed by atoms with Gasteiger partial charge in [-0.25, -0.2) is 4.90 Å². The molecule has 1 saturated heterocycles. The SMILES string of the molecule is CC1=C(CN(C)C)C(=O)N(c2cccc(C(F)(F)F)c2)C(=O)C1=NNc1cccc(C2CCN(CC(=O)O)CC2)c1O. The number of rotatable bonds is 8. The topological polar surface area (TPSA) is 126 Å². The summed E-state index contributed by atoms with van der Waals surface area (Å²) in [5.41, 5.74) is 2.57. The van der Waals surface area contributed by atoms with Crippen LogP contribution in [0.5, 0.6) is 5.75 Å². The van der Waals surface area contributed by atoms with E-state index < -0.39 is 29.5 Å². The molecule has 0 radical (unpaired) electrons. The number of alkyl halides is 3. The zero-order chi connectivity index (χ0) is 30.8.